The molecule has 0 atom stereocenters. The van der Waals surface area contributed by atoms with E-state index >= 15 is 0 Å². The van der Waals surface area contributed by atoms with Crippen molar-refractivity contribution in [3.63, 3.8) is 0 Å². The van der Waals surface area contributed by atoms with Crippen molar-refractivity contribution in [2.75, 3.05) is 18.5 Å². The highest BCUT2D eigenvalue weighted by Gasteiger charge is 2.24. The predicted molar refractivity (Wildman–Crippen MR) is 98.2 cm³/mol. The Bertz CT molecular complexity index is 788. The number of fused-ring (bicyclic) bond motifs is 1. The summed E-state index contributed by atoms with van der Waals surface area (Å²) in [4.78, 5) is 26.8. The van der Waals surface area contributed by atoms with E-state index in [1.54, 1.807) is 0 Å². The minimum Gasteiger partial charge on any atom is -0.545 e. The Morgan fingerprint density at radius 2 is 1.92 bits per heavy atom. The number of urea groups is 1. The van der Waals surface area contributed by atoms with Gasteiger partial charge in [0.05, 0.1) is 12.6 Å². The van der Waals surface area contributed by atoms with Crippen LogP contribution in [0.5, 0.6) is 0 Å². The molecule has 1 aromatic carbocycles. The molecule has 138 valence electrons. The van der Waals surface area contributed by atoms with Gasteiger partial charge in [-0.05, 0) is 36.8 Å². The minimum absolute atomic E-state index is 0.113. The average molecular weight is 373 g/mol. The second kappa shape index (κ2) is 8.33. The average Bonchev–Trinajstić information content (AvgIpc) is 3.00. The first-order valence-corrected chi connectivity index (χ1v) is 9.48. The molecule has 2 N–H and O–H groups in total. The summed E-state index contributed by atoms with van der Waals surface area (Å²) in [6, 6.07) is 9.02. The largest absolute Gasteiger partial charge is 0.545 e. The van der Waals surface area contributed by atoms with E-state index in [4.69, 9.17) is 0 Å². The molecule has 3 rings (SSSR count). The minimum atomic E-state index is -1.25. The SMILES string of the molecule is O=C([O-])c1c(NC(=O)N(CCO)Cc2ccccc2)sc2c1CCCC2. The van der Waals surface area contributed by atoms with Gasteiger partial charge in [0.1, 0.15) is 5.00 Å². The summed E-state index contributed by atoms with van der Waals surface area (Å²) in [7, 11) is 0. The quantitative estimate of drug-likeness (QED) is 0.810. The molecule has 1 aliphatic carbocycles. The van der Waals surface area contributed by atoms with Gasteiger partial charge in [-0.1, -0.05) is 30.3 Å². The molecule has 1 aliphatic rings. The number of anilines is 1. The fourth-order valence-electron chi connectivity index (χ4n) is 3.22. The first-order valence-electron chi connectivity index (χ1n) is 8.66. The maximum absolute atomic E-state index is 12.7. The molecule has 2 amide bonds. The molecule has 7 heteroatoms. The van der Waals surface area contributed by atoms with Crippen molar-refractivity contribution < 1.29 is 19.8 Å². The molecule has 26 heavy (non-hydrogen) atoms. The number of hydrogen-bond acceptors (Lipinski definition) is 5. The molecular formula is C19H21N2O4S-. The molecule has 0 radical (unpaired) electrons. The molecule has 2 aromatic rings. The smallest absolute Gasteiger partial charge is 0.322 e. The van der Waals surface area contributed by atoms with Gasteiger partial charge in [0, 0.05) is 23.5 Å². The van der Waals surface area contributed by atoms with Crippen molar-refractivity contribution in [1.82, 2.24) is 4.90 Å². The fourth-order valence-corrected chi connectivity index (χ4v) is 4.49. The number of nitrogens with zero attached hydrogens (tertiary/aromatic N) is 1. The van der Waals surface area contributed by atoms with Crippen molar-refractivity contribution in [1.29, 1.82) is 0 Å². The first kappa shape index (κ1) is 18.4. The van der Waals surface area contributed by atoms with Gasteiger partial charge < -0.3 is 19.9 Å². The number of aliphatic hydroxyl groups is 1. The fraction of sp³-hybridized carbons (Fsp3) is 0.368. The number of hydrogen-bond donors (Lipinski definition) is 2. The van der Waals surface area contributed by atoms with Gasteiger partial charge in [0.2, 0.25) is 0 Å². The number of carboxylic acids is 1. The van der Waals surface area contributed by atoms with Crippen LogP contribution < -0.4 is 10.4 Å². The van der Waals surface area contributed by atoms with Crippen LogP contribution in [0.1, 0.15) is 39.2 Å². The number of carbonyl (C=O) groups is 2. The van der Waals surface area contributed by atoms with Crippen molar-refractivity contribution in [2.45, 2.75) is 32.2 Å². The van der Waals surface area contributed by atoms with E-state index in [9.17, 15) is 19.8 Å². The van der Waals surface area contributed by atoms with Crippen LogP contribution in [-0.2, 0) is 19.4 Å². The van der Waals surface area contributed by atoms with E-state index < -0.39 is 12.0 Å². The van der Waals surface area contributed by atoms with Gasteiger partial charge in [0.25, 0.3) is 0 Å². The molecule has 0 saturated heterocycles. The summed E-state index contributed by atoms with van der Waals surface area (Å²) in [5.74, 6) is -1.25. The number of aryl methyl sites for hydroxylation is 1. The molecule has 0 unspecified atom stereocenters. The number of amides is 2. The molecular weight excluding hydrogens is 352 g/mol. The van der Waals surface area contributed by atoms with Crippen LogP contribution in [0, 0.1) is 0 Å². The van der Waals surface area contributed by atoms with Crippen LogP contribution in [0.3, 0.4) is 0 Å². The monoisotopic (exact) mass is 373 g/mol. The zero-order valence-electron chi connectivity index (χ0n) is 14.4. The Kier molecular flexibility index (Phi) is 5.90. The lowest BCUT2D eigenvalue weighted by molar-refractivity contribution is -0.254. The third-order valence-electron chi connectivity index (χ3n) is 4.47. The maximum atomic E-state index is 12.7. The van der Waals surface area contributed by atoms with E-state index in [0.717, 1.165) is 35.3 Å². The highest BCUT2D eigenvalue weighted by Crippen LogP contribution is 2.37. The molecule has 0 spiro atoms. The maximum Gasteiger partial charge on any atom is 0.322 e. The number of carbonyl (C=O) groups excluding carboxylic acids is 2. The first-order chi connectivity index (χ1) is 12.6. The zero-order chi connectivity index (χ0) is 18.5. The highest BCUT2D eigenvalue weighted by atomic mass is 32.1. The number of aliphatic hydroxyl groups excluding tert-OH is 1. The van der Waals surface area contributed by atoms with Gasteiger partial charge in [-0.2, -0.15) is 0 Å². The van der Waals surface area contributed by atoms with Crippen molar-refractivity contribution in [3.05, 3.63) is 51.9 Å². The van der Waals surface area contributed by atoms with Gasteiger partial charge >= 0.3 is 6.03 Å². The molecule has 1 aromatic heterocycles. The van der Waals surface area contributed by atoms with Crippen molar-refractivity contribution in [2.24, 2.45) is 0 Å². The van der Waals surface area contributed by atoms with Gasteiger partial charge in [-0.25, -0.2) is 4.79 Å². The summed E-state index contributed by atoms with van der Waals surface area (Å²) in [5.41, 5.74) is 1.84. The summed E-state index contributed by atoms with van der Waals surface area (Å²) in [6.07, 6.45) is 3.51. The van der Waals surface area contributed by atoms with Crippen molar-refractivity contribution >= 4 is 28.3 Å². The van der Waals surface area contributed by atoms with Crippen LogP contribution in [0.2, 0.25) is 0 Å². The van der Waals surface area contributed by atoms with Crippen LogP contribution >= 0.6 is 11.3 Å². The number of benzene rings is 1. The number of rotatable bonds is 6. The summed E-state index contributed by atoms with van der Waals surface area (Å²) < 4.78 is 0. The second-order valence-corrected chi connectivity index (χ2v) is 7.37. The third-order valence-corrected chi connectivity index (χ3v) is 5.68. The molecule has 0 aliphatic heterocycles. The van der Waals surface area contributed by atoms with Crippen LogP contribution in [-0.4, -0.2) is 35.2 Å². The Balaban J connectivity index is 1.81. The van der Waals surface area contributed by atoms with E-state index in [0.29, 0.717) is 18.0 Å². The second-order valence-electron chi connectivity index (χ2n) is 6.26. The lowest BCUT2D eigenvalue weighted by Crippen LogP contribution is -2.37. The van der Waals surface area contributed by atoms with E-state index in [1.807, 2.05) is 30.3 Å². The summed E-state index contributed by atoms with van der Waals surface area (Å²) >= 11 is 1.32. The van der Waals surface area contributed by atoms with Gasteiger partial charge in [-0.15, -0.1) is 11.3 Å². The number of nitrogens with one attached hydrogen (secondary N) is 1. The highest BCUT2D eigenvalue weighted by molar-refractivity contribution is 7.17. The summed E-state index contributed by atoms with van der Waals surface area (Å²) in [6.45, 7) is 0.319. The van der Waals surface area contributed by atoms with E-state index in [2.05, 4.69) is 5.32 Å². The van der Waals surface area contributed by atoms with E-state index in [1.165, 1.54) is 16.2 Å². The standard InChI is InChI=1S/C19H22N2O4S/c22-11-10-21(12-13-6-2-1-3-7-13)19(25)20-17-16(18(23)24)14-8-4-5-9-15(14)26-17/h1-3,6-7,22H,4-5,8-12H2,(H,20,25)(H,23,24)/p-1. The molecule has 0 bridgehead atoms. The predicted octanol–water partition coefficient (Wildman–Crippen LogP) is 2.02. The Labute approximate surface area is 156 Å². The zero-order valence-corrected chi connectivity index (χ0v) is 15.2. The number of aromatic carboxylic acids is 1. The van der Waals surface area contributed by atoms with Crippen LogP contribution in [0.15, 0.2) is 30.3 Å². The summed E-state index contributed by atoms with van der Waals surface area (Å²) in [5, 5.41) is 24.0. The molecule has 6 nitrogen and oxygen atoms in total. The Morgan fingerprint density at radius 3 is 2.62 bits per heavy atom. The van der Waals surface area contributed by atoms with Gasteiger partial charge in [-0.3, -0.25) is 5.32 Å². The van der Waals surface area contributed by atoms with Gasteiger partial charge in [0.15, 0.2) is 0 Å². The Morgan fingerprint density at radius 1 is 1.19 bits per heavy atom. The normalized spacial score (nSPS) is 13.1. The molecule has 0 fully saturated rings. The Hall–Kier alpha value is -2.38. The third kappa shape index (κ3) is 4.05. The molecule has 1 heterocycles. The van der Waals surface area contributed by atoms with Crippen molar-refractivity contribution in [3.8, 4) is 0 Å². The lowest BCUT2D eigenvalue weighted by Gasteiger charge is -2.22. The molecule has 0 saturated carbocycles. The van der Waals surface area contributed by atoms with Crippen LogP contribution in [0.25, 0.3) is 0 Å². The number of thiophene rings is 1. The number of carboxylic acid groups (broad SMARTS) is 1. The lowest BCUT2D eigenvalue weighted by atomic mass is 9.95. The van der Waals surface area contributed by atoms with E-state index in [-0.39, 0.29) is 18.7 Å². The topological polar surface area (TPSA) is 92.7 Å². The van der Waals surface area contributed by atoms with Crippen LogP contribution in [0.4, 0.5) is 9.80 Å².